The Morgan fingerprint density at radius 3 is 2.29 bits per heavy atom. The normalized spacial score (nSPS) is 12.2. The highest BCUT2D eigenvalue weighted by Crippen LogP contribution is 2.12. The highest BCUT2D eigenvalue weighted by molar-refractivity contribution is 7.92. The zero-order chi connectivity index (χ0) is 17.8. The van der Waals surface area contributed by atoms with Gasteiger partial charge in [0.2, 0.25) is 10.0 Å². The van der Waals surface area contributed by atoms with Crippen molar-refractivity contribution >= 4 is 21.8 Å². The fourth-order valence-corrected chi connectivity index (χ4v) is 3.10. The van der Waals surface area contributed by atoms with Crippen molar-refractivity contribution in [2.24, 2.45) is 0 Å². The van der Waals surface area contributed by atoms with Gasteiger partial charge < -0.3 is 0 Å². The highest BCUT2D eigenvalue weighted by atomic mass is 32.2. The zero-order valence-corrected chi connectivity index (χ0v) is 16.1. The van der Waals surface area contributed by atoms with E-state index in [1.807, 2.05) is 12.1 Å². The van der Waals surface area contributed by atoms with Crippen molar-refractivity contribution in [1.82, 2.24) is 4.90 Å². The molecule has 0 aliphatic rings. The van der Waals surface area contributed by atoms with Crippen LogP contribution >= 0.6 is 0 Å². The molecule has 0 heterocycles. The molecule has 0 saturated heterocycles. The Kier molecular flexibility index (Phi) is 9.72. The molecule has 1 rings (SSSR count). The summed E-state index contributed by atoms with van der Waals surface area (Å²) in [5.74, 6) is 0. The number of sulfonamides is 1. The topological polar surface area (TPSA) is 49.4 Å². The molecule has 0 saturated carbocycles. The van der Waals surface area contributed by atoms with Crippen LogP contribution in [0.1, 0.15) is 51.5 Å². The van der Waals surface area contributed by atoms with E-state index in [-0.39, 0.29) is 0 Å². The van der Waals surface area contributed by atoms with E-state index in [4.69, 9.17) is 0 Å². The first kappa shape index (κ1) is 20.7. The minimum absolute atomic E-state index is 0.594. The van der Waals surface area contributed by atoms with Gasteiger partial charge in [-0.3, -0.25) is 9.62 Å². The third kappa shape index (κ3) is 9.73. The predicted octanol–water partition coefficient (Wildman–Crippen LogP) is 4.36. The molecule has 1 N–H and O–H groups in total. The number of likely N-dealkylation sites (N-methyl/N-ethyl adjacent to an activating group) is 1. The van der Waals surface area contributed by atoms with E-state index in [0.717, 1.165) is 31.5 Å². The summed E-state index contributed by atoms with van der Waals surface area (Å²) in [6, 6.07) is 7.41. The standard InChI is InChI=1S/C19H32N2O2S/c1-4-6-7-8-9-16-21(5-2)17-10-11-18-12-14-19(15-13-18)20-24(3,22)23/h10-15,20H,4-9,16-17H2,1-3H3/b11-10-. The SMILES string of the molecule is CCCCCCCN(CC)C/C=C\c1ccc(NS(C)(=O)=O)cc1. The molecule has 4 nitrogen and oxygen atoms in total. The van der Waals surface area contributed by atoms with E-state index >= 15 is 0 Å². The fourth-order valence-electron chi connectivity index (χ4n) is 2.53. The second kappa shape index (κ2) is 11.3. The van der Waals surface area contributed by atoms with Gasteiger partial charge >= 0.3 is 0 Å². The maximum atomic E-state index is 11.2. The van der Waals surface area contributed by atoms with Crippen molar-refractivity contribution < 1.29 is 8.42 Å². The van der Waals surface area contributed by atoms with E-state index < -0.39 is 10.0 Å². The smallest absolute Gasteiger partial charge is 0.229 e. The number of nitrogens with zero attached hydrogens (tertiary/aromatic N) is 1. The molecule has 24 heavy (non-hydrogen) atoms. The fraction of sp³-hybridized carbons (Fsp3) is 0.579. The molecular weight excluding hydrogens is 320 g/mol. The van der Waals surface area contributed by atoms with Crippen LogP contribution in [0.4, 0.5) is 5.69 Å². The Balaban J connectivity index is 2.38. The molecule has 0 bridgehead atoms. The van der Waals surface area contributed by atoms with Crippen LogP contribution in [-0.2, 0) is 10.0 Å². The van der Waals surface area contributed by atoms with Crippen LogP contribution in [0.2, 0.25) is 0 Å². The molecule has 0 amide bonds. The van der Waals surface area contributed by atoms with Gasteiger partial charge in [0.25, 0.3) is 0 Å². The lowest BCUT2D eigenvalue weighted by Gasteiger charge is -2.18. The molecule has 0 fully saturated rings. The van der Waals surface area contributed by atoms with Crippen molar-refractivity contribution in [3.05, 3.63) is 35.9 Å². The Morgan fingerprint density at radius 1 is 1.04 bits per heavy atom. The van der Waals surface area contributed by atoms with Gasteiger partial charge in [0.05, 0.1) is 6.26 Å². The second-order valence-electron chi connectivity index (χ2n) is 6.21. The number of anilines is 1. The summed E-state index contributed by atoms with van der Waals surface area (Å²) in [6.45, 7) is 7.61. The molecule has 1 aromatic carbocycles. The zero-order valence-electron chi connectivity index (χ0n) is 15.3. The number of benzene rings is 1. The maximum Gasteiger partial charge on any atom is 0.229 e. The van der Waals surface area contributed by atoms with Gasteiger partial charge in [-0.15, -0.1) is 0 Å². The Bertz CT molecular complexity index is 580. The maximum absolute atomic E-state index is 11.2. The number of hydrogen-bond donors (Lipinski definition) is 1. The highest BCUT2D eigenvalue weighted by Gasteiger charge is 2.01. The lowest BCUT2D eigenvalue weighted by molar-refractivity contribution is 0.310. The minimum Gasteiger partial charge on any atom is -0.300 e. The molecule has 0 spiro atoms. The third-order valence-corrected chi connectivity index (χ3v) is 4.52. The summed E-state index contributed by atoms with van der Waals surface area (Å²) in [6.07, 6.45) is 12.0. The molecule has 0 aliphatic carbocycles. The first-order valence-electron chi connectivity index (χ1n) is 8.91. The van der Waals surface area contributed by atoms with Gasteiger partial charge in [-0.25, -0.2) is 8.42 Å². The van der Waals surface area contributed by atoms with Crippen molar-refractivity contribution in [2.75, 3.05) is 30.6 Å². The van der Waals surface area contributed by atoms with E-state index in [1.165, 1.54) is 32.1 Å². The summed E-state index contributed by atoms with van der Waals surface area (Å²) < 4.78 is 24.8. The number of unbranched alkanes of at least 4 members (excludes halogenated alkanes) is 4. The molecule has 0 unspecified atom stereocenters. The largest absolute Gasteiger partial charge is 0.300 e. The van der Waals surface area contributed by atoms with Gasteiger partial charge in [-0.2, -0.15) is 0 Å². The van der Waals surface area contributed by atoms with E-state index in [2.05, 4.69) is 35.6 Å². The first-order chi connectivity index (χ1) is 11.4. The van der Waals surface area contributed by atoms with Crippen LogP contribution in [0.15, 0.2) is 30.3 Å². The average molecular weight is 353 g/mol. The second-order valence-corrected chi connectivity index (χ2v) is 7.95. The lowest BCUT2D eigenvalue weighted by Crippen LogP contribution is -2.24. The van der Waals surface area contributed by atoms with Gasteiger partial charge in [0.15, 0.2) is 0 Å². The molecule has 0 aliphatic heterocycles. The molecule has 1 aromatic rings. The quantitative estimate of drug-likeness (QED) is 0.569. The van der Waals surface area contributed by atoms with E-state index in [1.54, 1.807) is 12.1 Å². The van der Waals surface area contributed by atoms with Gasteiger partial charge in [-0.05, 0) is 37.2 Å². The summed E-state index contributed by atoms with van der Waals surface area (Å²) >= 11 is 0. The first-order valence-corrected chi connectivity index (χ1v) is 10.8. The monoisotopic (exact) mass is 352 g/mol. The minimum atomic E-state index is -3.21. The molecule has 0 aromatic heterocycles. The Morgan fingerprint density at radius 2 is 1.71 bits per heavy atom. The van der Waals surface area contributed by atoms with E-state index in [0.29, 0.717) is 5.69 Å². The number of hydrogen-bond acceptors (Lipinski definition) is 3. The third-order valence-electron chi connectivity index (χ3n) is 3.91. The molecule has 136 valence electrons. The van der Waals surface area contributed by atoms with Crippen LogP contribution in [0, 0.1) is 0 Å². The Hall–Kier alpha value is -1.33. The number of rotatable bonds is 12. The lowest BCUT2D eigenvalue weighted by atomic mass is 10.1. The molecule has 5 heteroatoms. The van der Waals surface area contributed by atoms with Crippen molar-refractivity contribution in [3.8, 4) is 0 Å². The molecule has 0 atom stereocenters. The Labute approximate surface area is 148 Å². The van der Waals surface area contributed by atoms with Crippen LogP contribution in [-0.4, -0.2) is 39.2 Å². The van der Waals surface area contributed by atoms with Crippen LogP contribution < -0.4 is 4.72 Å². The van der Waals surface area contributed by atoms with E-state index in [9.17, 15) is 8.42 Å². The average Bonchev–Trinajstić information content (AvgIpc) is 2.53. The molecule has 0 radical (unpaired) electrons. The van der Waals surface area contributed by atoms with Crippen molar-refractivity contribution in [1.29, 1.82) is 0 Å². The number of nitrogens with one attached hydrogen (secondary N) is 1. The van der Waals surface area contributed by atoms with Crippen molar-refractivity contribution in [3.63, 3.8) is 0 Å². The van der Waals surface area contributed by atoms with Crippen LogP contribution in [0.5, 0.6) is 0 Å². The van der Waals surface area contributed by atoms with Crippen LogP contribution in [0.25, 0.3) is 6.08 Å². The molecular formula is C19H32N2O2S. The summed E-state index contributed by atoms with van der Waals surface area (Å²) in [4.78, 5) is 2.45. The summed E-state index contributed by atoms with van der Waals surface area (Å²) in [5.41, 5.74) is 1.67. The van der Waals surface area contributed by atoms with Gasteiger partial charge in [0.1, 0.15) is 0 Å². The summed E-state index contributed by atoms with van der Waals surface area (Å²) in [7, 11) is -3.21. The van der Waals surface area contributed by atoms with Gasteiger partial charge in [0, 0.05) is 12.2 Å². The summed E-state index contributed by atoms with van der Waals surface area (Å²) in [5, 5.41) is 0. The van der Waals surface area contributed by atoms with Gasteiger partial charge in [-0.1, -0.05) is 63.8 Å². The van der Waals surface area contributed by atoms with Crippen LogP contribution in [0.3, 0.4) is 0 Å². The predicted molar refractivity (Wildman–Crippen MR) is 105 cm³/mol. The van der Waals surface area contributed by atoms with Crippen molar-refractivity contribution in [2.45, 2.75) is 46.0 Å².